The maximum Gasteiger partial charge on any atom is 0.396 e. The number of nitrogens with one attached hydrogen (secondary N) is 2. The van der Waals surface area contributed by atoms with Crippen LogP contribution in [0.15, 0.2) is 29.1 Å². The molecule has 2 rings (SSSR count). The Morgan fingerprint density at radius 2 is 2.00 bits per heavy atom. The first-order valence-corrected chi connectivity index (χ1v) is 7.53. The number of hydrogen-bond donors (Lipinski definition) is 2. The van der Waals surface area contributed by atoms with Gasteiger partial charge in [0, 0.05) is 17.6 Å². The minimum absolute atomic E-state index is 0.0329. The molecule has 2 N–H and O–H groups in total. The smallest absolute Gasteiger partial charge is 0.396 e. The molecule has 0 fully saturated rings. The maximum absolute atomic E-state index is 12.0. The number of benzene rings is 1. The van der Waals surface area contributed by atoms with Crippen LogP contribution in [0, 0.1) is 0 Å². The largest absolute Gasteiger partial charge is 0.459 e. The van der Waals surface area contributed by atoms with E-state index in [0.717, 1.165) is 16.5 Å². The highest BCUT2D eigenvalue weighted by atomic mass is 16.5. The molecule has 0 atom stereocenters. The summed E-state index contributed by atoms with van der Waals surface area (Å²) in [6.45, 7) is 5.89. The van der Waals surface area contributed by atoms with Crippen molar-refractivity contribution >= 4 is 22.8 Å². The van der Waals surface area contributed by atoms with Crippen LogP contribution < -0.4 is 10.9 Å². The Labute approximate surface area is 133 Å². The van der Waals surface area contributed by atoms with Gasteiger partial charge in [-0.25, -0.2) is 4.79 Å². The van der Waals surface area contributed by atoms with Gasteiger partial charge in [0.15, 0.2) is 0 Å². The third-order valence-corrected chi connectivity index (χ3v) is 3.51. The van der Waals surface area contributed by atoms with Crippen LogP contribution in [-0.4, -0.2) is 23.5 Å². The lowest BCUT2D eigenvalue weighted by molar-refractivity contribution is -0.154. The van der Waals surface area contributed by atoms with E-state index < -0.39 is 11.9 Å². The number of fused-ring (bicyclic) bond motifs is 1. The van der Waals surface area contributed by atoms with E-state index in [1.54, 1.807) is 13.0 Å². The fourth-order valence-corrected chi connectivity index (χ4v) is 2.21. The summed E-state index contributed by atoms with van der Waals surface area (Å²) in [5, 5.41) is 3.28. The van der Waals surface area contributed by atoms with Crippen LogP contribution in [0.5, 0.6) is 0 Å². The Morgan fingerprint density at radius 1 is 1.26 bits per heavy atom. The minimum Gasteiger partial charge on any atom is -0.459 e. The topological polar surface area (TPSA) is 88.3 Å². The Morgan fingerprint density at radius 3 is 2.65 bits per heavy atom. The van der Waals surface area contributed by atoms with Crippen LogP contribution in [0.1, 0.15) is 37.8 Å². The molecule has 122 valence electrons. The van der Waals surface area contributed by atoms with Gasteiger partial charge >= 0.3 is 11.9 Å². The van der Waals surface area contributed by atoms with Crippen molar-refractivity contribution in [3.05, 3.63) is 45.7 Å². The average molecular weight is 316 g/mol. The number of H-pyrrole nitrogens is 1. The molecule has 6 nitrogen and oxygen atoms in total. The van der Waals surface area contributed by atoms with E-state index in [2.05, 4.69) is 28.9 Å². The highest BCUT2D eigenvalue weighted by Gasteiger charge is 2.15. The summed E-state index contributed by atoms with van der Waals surface area (Å²) in [6, 6.07) is 7.58. The van der Waals surface area contributed by atoms with E-state index in [1.165, 1.54) is 0 Å². The highest BCUT2D eigenvalue weighted by molar-refractivity contribution is 6.32. The first kappa shape index (κ1) is 16.7. The van der Waals surface area contributed by atoms with E-state index in [4.69, 9.17) is 0 Å². The molecule has 1 heterocycles. The van der Waals surface area contributed by atoms with E-state index in [1.807, 2.05) is 18.2 Å². The van der Waals surface area contributed by atoms with Crippen molar-refractivity contribution in [3.63, 3.8) is 0 Å². The molecule has 23 heavy (non-hydrogen) atoms. The monoisotopic (exact) mass is 316 g/mol. The van der Waals surface area contributed by atoms with Gasteiger partial charge in [0.1, 0.15) is 0 Å². The fourth-order valence-electron chi connectivity index (χ4n) is 2.21. The molecular weight excluding hydrogens is 296 g/mol. The number of esters is 1. The van der Waals surface area contributed by atoms with Crippen LogP contribution in [0.3, 0.4) is 0 Å². The van der Waals surface area contributed by atoms with E-state index in [0.29, 0.717) is 11.5 Å². The van der Waals surface area contributed by atoms with Crippen molar-refractivity contribution in [3.8, 4) is 0 Å². The second-order valence-electron chi connectivity index (χ2n) is 5.53. The van der Waals surface area contributed by atoms with Crippen molar-refractivity contribution in [2.45, 2.75) is 33.2 Å². The number of carbonyl (C=O) groups excluding carboxylic acids is 2. The van der Waals surface area contributed by atoms with Gasteiger partial charge in [0.05, 0.1) is 6.61 Å². The van der Waals surface area contributed by atoms with Crippen LogP contribution in [0.4, 0.5) is 0 Å². The molecule has 0 unspecified atom stereocenters. The summed E-state index contributed by atoms with van der Waals surface area (Å²) in [6.07, 6.45) is 0. The lowest BCUT2D eigenvalue weighted by atomic mass is 10.0. The Kier molecular flexibility index (Phi) is 5.16. The summed E-state index contributed by atoms with van der Waals surface area (Å²) in [4.78, 5) is 37.6. The number of aromatic amines is 1. The predicted octanol–water partition coefficient (Wildman–Crippen LogP) is 1.83. The normalized spacial score (nSPS) is 10.8. The standard InChI is InChI=1S/C17H20N2O4/c1-4-23-17(22)16(21)18-9-13-8-12-7-11(10(2)3)5-6-14(12)19-15(13)20/h5-8,10H,4,9H2,1-3H3,(H,18,21)(H,19,20). The highest BCUT2D eigenvalue weighted by Crippen LogP contribution is 2.19. The van der Waals surface area contributed by atoms with Gasteiger partial charge in [0.2, 0.25) is 0 Å². The molecule has 0 aliphatic heterocycles. The third-order valence-electron chi connectivity index (χ3n) is 3.51. The number of pyridine rings is 1. The molecule has 1 amide bonds. The first-order valence-electron chi connectivity index (χ1n) is 7.53. The Hall–Kier alpha value is -2.63. The van der Waals surface area contributed by atoms with Gasteiger partial charge in [-0.2, -0.15) is 0 Å². The van der Waals surface area contributed by atoms with E-state index in [9.17, 15) is 14.4 Å². The van der Waals surface area contributed by atoms with Gasteiger partial charge < -0.3 is 15.0 Å². The number of carbonyl (C=O) groups is 2. The van der Waals surface area contributed by atoms with Gasteiger partial charge in [-0.05, 0) is 42.0 Å². The van der Waals surface area contributed by atoms with E-state index >= 15 is 0 Å². The SMILES string of the molecule is CCOC(=O)C(=O)NCc1cc2cc(C(C)C)ccc2[nH]c1=O. The summed E-state index contributed by atoms with van der Waals surface area (Å²) in [5.74, 6) is -1.44. The molecule has 0 aliphatic rings. The average Bonchev–Trinajstić information content (AvgIpc) is 2.52. The molecule has 0 bridgehead atoms. The van der Waals surface area contributed by atoms with Crippen LogP contribution in [0.25, 0.3) is 10.9 Å². The molecule has 1 aromatic heterocycles. The van der Waals surface area contributed by atoms with Crippen molar-refractivity contribution in [2.24, 2.45) is 0 Å². The van der Waals surface area contributed by atoms with Crippen LogP contribution >= 0.6 is 0 Å². The van der Waals surface area contributed by atoms with Crippen molar-refractivity contribution in [1.29, 1.82) is 0 Å². The second-order valence-corrected chi connectivity index (χ2v) is 5.53. The zero-order chi connectivity index (χ0) is 17.0. The second kappa shape index (κ2) is 7.09. The molecular formula is C17H20N2O4. The summed E-state index contributed by atoms with van der Waals surface area (Å²) < 4.78 is 4.60. The summed E-state index contributed by atoms with van der Waals surface area (Å²) >= 11 is 0. The number of rotatable bonds is 4. The quantitative estimate of drug-likeness (QED) is 0.665. The van der Waals surface area contributed by atoms with E-state index in [-0.39, 0.29) is 18.7 Å². The van der Waals surface area contributed by atoms with Crippen LogP contribution in [0.2, 0.25) is 0 Å². The number of ether oxygens (including phenoxy) is 1. The Balaban J connectivity index is 2.23. The molecule has 0 spiro atoms. The third kappa shape index (κ3) is 3.97. The number of aromatic nitrogens is 1. The Bertz CT molecular complexity index is 793. The van der Waals surface area contributed by atoms with Gasteiger partial charge in [-0.3, -0.25) is 9.59 Å². The molecule has 2 aromatic rings. The van der Waals surface area contributed by atoms with Gasteiger partial charge in [-0.15, -0.1) is 0 Å². The van der Waals surface area contributed by atoms with Gasteiger partial charge in [0.25, 0.3) is 5.56 Å². The molecule has 0 radical (unpaired) electrons. The van der Waals surface area contributed by atoms with Crippen molar-refractivity contribution in [2.75, 3.05) is 6.61 Å². The summed E-state index contributed by atoms with van der Waals surface area (Å²) in [5.41, 5.74) is 1.99. The molecule has 6 heteroatoms. The zero-order valence-corrected chi connectivity index (χ0v) is 13.4. The predicted molar refractivity (Wildman–Crippen MR) is 87.1 cm³/mol. The fraction of sp³-hybridized carbons (Fsp3) is 0.353. The molecule has 0 saturated carbocycles. The minimum atomic E-state index is -0.952. The molecule has 0 aliphatic carbocycles. The van der Waals surface area contributed by atoms with Crippen molar-refractivity contribution in [1.82, 2.24) is 10.3 Å². The first-order chi connectivity index (χ1) is 10.9. The molecule has 0 saturated heterocycles. The lowest BCUT2D eigenvalue weighted by Gasteiger charge is -2.09. The van der Waals surface area contributed by atoms with Crippen LogP contribution in [-0.2, 0) is 20.9 Å². The lowest BCUT2D eigenvalue weighted by Crippen LogP contribution is -2.33. The maximum atomic E-state index is 12.0. The molecule has 1 aromatic carbocycles. The number of hydrogen-bond acceptors (Lipinski definition) is 4. The van der Waals surface area contributed by atoms with Crippen molar-refractivity contribution < 1.29 is 14.3 Å². The zero-order valence-electron chi connectivity index (χ0n) is 13.4. The summed E-state index contributed by atoms with van der Waals surface area (Å²) in [7, 11) is 0. The van der Waals surface area contributed by atoms with Gasteiger partial charge in [-0.1, -0.05) is 19.9 Å². The number of amides is 1.